The summed E-state index contributed by atoms with van der Waals surface area (Å²) in [5.41, 5.74) is 1.20. The van der Waals surface area contributed by atoms with E-state index >= 15 is 0 Å². The number of halogens is 3. The van der Waals surface area contributed by atoms with Crippen molar-refractivity contribution in [2.24, 2.45) is 5.41 Å². The van der Waals surface area contributed by atoms with E-state index in [-0.39, 0.29) is 5.41 Å². The van der Waals surface area contributed by atoms with E-state index in [1.165, 1.54) is 10.4 Å². The third-order valence-corrected chi connectivity index (χ3v) is 6.28. The smallest absolute Gasteiger partial charge is 0.0314 e. The summed E-state index contributed by atoms with van der Waals surface area (Å²) >= 11 is 17.8. The summed E-state index contributed by atoms with van der Waals surface area (Å²) in [5.74, 6) is 1.13. The lowest BCUT2D eigenvalue weighted by molar-refractivity contribution is 0.376. The topological polar surface area (TPSA) is 0 Å². The van der Waals surface area contributed by atoms with Gasteiger partial charge in [0, 0.05) is 26.5 Å². The number of rotatable bonds is 6. The Morgan fingerprint density at radius 1 is 1.00 bits per heavy atom. The minimum atomic E-state index is -0.0855. The molecule has 0 aliphatic rings. The molecule has 0 unspecified atom stereocenters. The van der Waals surface area contributed by atoms with Crippen LogP contribution in [-0.4, -0.2) is 11.8 Å². The highest BCUT2D eigenvalue weighted by Gasteiger charge is 2.30. The predicted octanol–water partition coefficient (Wildman–Crippen LogP) is 5.76. The van der Waals surface area contributed by atoms with Gasteiger partial charge in [0.1, 0.15) is 0 Å². The quantitative estimate of drug-likeness (QED) is 0.561. The zero-order valence-electron chi connectivity index (χ0n) is 10.4. The van der Waals surface area contributed by atoms with Crippen molar-refractivity contribution >= 4 is 50.5 Å². The molecular formula is C15H15BrCl2S. The predicted molar refractivity (Wildman–Crippen MR) is 89.7 cm³/mol. The van der Waals surface area contributed by atoms with Gasteiger partial charge in [0.15, 0.2) is 0 Å². The fourth-order valence-electron chi connectivity index (χ4n) is 2.11. The average molecular weight is 378 g/mol. The molecule has 1 aromatic carbocycles. The van der Waals surface area contributed by atoms with Gasteiger partial charge in [0.2, 0.25) is 0 Å². The highest BCUT2D eigenvalue weighted by molar-refractivity contribution is 9.10. The Balaban J connectivity index is 2.20. The molecule has 4 heteroatoms. The second kappa shape index (κ2) is 7.12. The van der Waals surface area contributed by atoms with Gasteiger partial charge in [0.25, 0.3) is 0 Å². The van der Waals surface area contributed by atoms with E-state index in [0.717, 1.165) is 17.3 Å². The Morgan fingerprint density at radius 2 is 1.68 bits per heavy atom. The van der Waals surface area contributed by atoms with Crippen LogP contribution in [0.25, 0.3) is 0 Å². The standard InChI is InChI=1S/C15H15BrCl2S/c16-13-6-7-19-14(13)9-15(10-17,11-18)8-12-4-2-1-3-5-12/h1-7H,8-11H2. The largest absolute Gasteiger partial charge is 0.148 e. The van der Waals surface area contributed by atoms with E-state index in [2.05, 4.69) is 51.6 Å². The normalized spacial score (nSPS) is 11.7. The molecule has 0 radical (unpaired) electrons. The van der Waals surface area contributed by atoms with E-state index in [1.807, 2.05) is 6.07 Å². The van der Waals surface area contributed by atoms with Gasteiger partial charge < -0.3 is 0 Å². The molecule has 102 valence electrons. The summed E-state index contributed by atoms with van der Waals surface area (Å²) in [6.45, 7) is 0. The second-order valence-corrected chi connectivity index (χ2v) is 7.19. The molecule has 19 heavy (non-hydrogen) atoms. The fourth-order valence-corrected chi connectivity index (χ4v) is 4.44. The van der Waals surface area contributed by atoms with Crippen molar-refractivity contribution in [3.05, 3.63) is 56.7 Å². The molecule has 0 spiro atoms. The van der Waals surface area contributed by atoms with Gasteiger partial charge in [-0.3, -0.25) is 0 Å². The third kappa shape index (κ3) is 3.98. The molecule has 0 bridgehead atoms. The average Bonchev–Trinajstić information content (AvgIpc) is 2.84. The van der Waals surface area contributed by atoms with Crippen LogP contribution in [0.15, 0.2) is 46.3 Å². The van der Waals surface area contributed by atoms with Crippen LogP contribution in [0, 0.1) is 5.41 Å². The molecular weight excluding hydrogens is 363 g/mol. The SMILES string of the molecule is ClCC(CCl)(Cc1ccccc1)Cc1sccc1Br. The van der Waals surface area contributed by atoms with Gasteiger partial charge in [-0.05, 0) is 45.8 Å². The zero-order chi connectivity index (χ0) is 13.7. The van der Waals surface area contributed by atoms with Crippen molar-refractivity contribution in [3.63, 3.8) is 0 Å². The molecule has 2 aromatic rings. The van der Waals surface area contributed by atoms with E-state index in [1.54, 1.807) is 11.3 Å². The summed E-state index contributed by atoms with van der Waals surface area (Å²) < 4.78 is 1.16. The number of thiophene rings is 1. The molecule has 1 aromatic heterocycles. The maximum Gasteiger partial charge on any atom is 0.0314 e. The molecule has 0 N–H and O–H groups in total. The lowest BCUT2D eigenvalue weighted by Crippen LogP contribution is -2.30. The molecule has 0 saturated heterocycles. The molecule has 0 amide bonds. The number of benzene rings is 1. The van der Waals surface area contributed by atoms with Gasteiger partial charge in [-0.15, -0.1) is 34.5 Å². The monoisotopic (exact) mass is 376 g/mol. The van der Waals surface area contributed by atoms with E-state index in [9.17, 15) is 0 Å². The Hall–Kier alpha value is -0.0200. The van der Waals surface area contributed by atoms with Crippen molar-refractivity contribution in [2.45, 2.75) is 12.8 Å². The molecule has 2 rings (SSSR count). The number of hydrogen-bond acceptors (Lipinski definition) is 1. The molecule has 0 aliphatic carbocycles. The Labute approximate surface area is 136 Å². The van der Waals surface area contributed by atoms with Crippen LogP contribution in [0.2, 0.25) is 0 Å². The van der Waals surface area contributed by atoms with Crippen LogP contribution in [0.5, 0.6) is 0 Å². The van der Waals surface area contributed by atoms with Crippen molar-refractivity contribution < 1.29 is 0 Å². The Kier molecular flexibility index (Phi) is 5.76. The van der Waals surface area contributed by atoms with Crippen LogP contribution < -0.4 is 0 Å². The van der Waals surface area contributed by atoms with Crippen molar-refractivity contribution in [3.8, 4) is 0 Å². The maximum absolute atomic E-state index is 6.25. The van der Waals surface area contributed by atoms with E-state index in [0.29, 0.717) is 11.8 Å². The van der Waals surface area contributed by atoms with Crippen LogP contribution in [0.3, 0.4) is 0 Å². The summed E-state index contributed by atoms with van der Waals surface area (Å²) in [5, 5.41) is 2.09. The lowest BCUT2D eigenvalue weighted by atomic mass is 9.81. The Morgan fingerprint density at radius 3 is 2.21 bits per heavy atom. The Bertz CT molecular complexity index is 506. The molecule has 0 fully saturated rings. The first-order valence-corrected chi connectivity index (χ1v) is 8.81. The van der Waals surface area contributed by atoms with Crippen LogP contribution in [0.1, 0.15) is 10.4 Å². The van der Waals surface area contributed by atoms with Gasteiger partial charge in [-0.2, -0.15) is 0 Å². The van der Waals surface area contributed by atoms with Gasteiger partial charge >= 0.3 is 0 Å². The maximum atomic E-state index is 6.25. The van der Waals surface area contributed by atoms with Gasteiger partial charge in [0.05, 0.1) is 0 Å². The zero-order valence-corrected chi connectivity index (χ0v) is 14.3. The van der Waals surface area contributed by atoms with Gasteiger partial charge in [-0.25, -0.2) is 0 Å². The highest BCUT2D eigenvalue weighted by Crippen LogP contribution is 2.35. The van der Waals surface area contributed by atoms with Crippen molar-refractivity contribution in [1.82, 2.24) is 0 Å². The first-order valence-electron chi connectivity index (χ1n) is 6.07. The molecule has 0 saturated carbocycles. The third-order valence-electron chi connectivity index (χ3n) is 3.22. The van der Waals surface area contributed by atoms with Gasteiger partial charge in [-0.1, -0.05) is 30.3 Å². The first-order chi connectivity index (χ1) is 9.19. The van der Waals surface area contributed by atoms with Crippen molar-refractivity contribution in [1.29, 1.82) is 0 Å². The minimum Gasteiger partial charge on any atom is -0.148 e. The van der Waals surface area contributed by atoms with Crippen LogP contribution in [0.4, 0.5) is 0 Å². The summed E-state index contributed by atoms with van der Waals surface area (Å²) in [7, 11) is 0. The molecule has 0 aliphatic heterocycles. The molecule has 0 atom stereocenters. The van der Waals surface area contributed by atoms with Crippen molar-refractivity contribution in [2.75, 3.05) is 11.8 Å². The van der Waals surface area contributed by atoms with Crippen LogP contribution >= 0.6 is 50.5 Å². The number of hydrogen-bond donors (Lipinski definition) is 0. The summed E-state index contributed by atoms with van der Waals surface area (Å²) in [6, 6.07) is 12.5. The highest BCUT2D eigenvalue weighted by atomic mass is 79.9. The summed E-state index contributed by atoms with van der Waals surface area (Å²) in [6.07, 6.45) is 1.82. The van der Waals surface area contributed by atoms with E-state index < -0.39 is 0 Å². The summed E-state index contributed by atoms with van der Waals surface area (Å²) in [4.78, 5) is 1.32. The lowest BCUT2D eigenvalue weighted by Gasteiger charge is -2.29. The fraction of sp³-hybridized carbons (Fsp3) is 0.333. The second-order valence-electron chi connectivity index (χ2n) is 4.80. The molecule has 0 nitrogen and oxygen atoms in total. The molecule has 1 heterocycles. The minimum absolute atomic E-state index is 0.0855. The van der Waals surface area contributed by atoms with E-state index in [4.69, 9.17) is 23.2 Å². The van der Waals surface area contributed by atoms with Crippen LogP contribution in [-0.2, 0) is 12.8 Å². The first kappa shape index (κ1) is 15.4. The number of alkyl halides is 2.